The molecule has 0 saturated carbocycles. The van der Waals surface area contributed by atoms with Crippen molar-refractivity contribution in [2.45, 2.75) is 12.1 Å². The zero-order chi connectivity index (χ0) is 12.3. The molecule has 2 aromatic heterocycles. The normalized spacial score (nSPS) is 10.8. The standard InChI is InChI=1S/C11H15N5S/c1-8-9(7-14-16(8)2)10-3-5-13-11(15-10)17-6-4-12/h3,5,7H,4,6,12H2,1-2H3. The Morgan fingerprint density at radius 1 is 1.47 bits per heavy atom. The molecule has 0 saturated heterocycles. The van der Waals surface area contributed by atoms with Gasteiger partial charge >= 0.3 is 0 Å². The molecule has 2 aromatic rings. The van der Waals surface area contributed by atoms with Crippen LogP contribution < -0.4 is 5.73 Å². The largest absolute Gasteiger partial charge is 0.330 e. The molecule has 0 radical (unpaired) electrons. The highest BCUT2D eigenvalue weighted by atomic mass is 32.2. The molecule has 0 aliphatic heterocycles. The Labute approximate surface area is 104 Å². The summed E-state index contributed by atoms with van der Waals surface area (Å²) in [5.41, 5.74) is 8.51. The van der Waals surface area contributed by atoms with Crippen LogP contribution in [0.25, 0.3) is 11.3 Å². The average Bonchev–Trinajstić information content (AvgIpc) is 2.68. The van der Waals surface area contributed by atoms with Gasteiger partial charge in [0.15, 0.2) is 5.16 Å². The summed E-state index contributed by atoms with van der Waals surface area (Å²) in [6.07, 6.45) is 3.60. The fourth-order valence-electron chi connectivity index (χ4n) is 1.46. The number of rotatable bonds is 4. The topological polar surface area (TPSA) is 69.6 Å². The van der Waals surface area contributed by atoms with Gasteiger partial charge in [0.1, 0.15) is 0 Å². The second-order valence-electron chi connectivity index (χ2n) is 3.63. The summed E-state index contributed by atoms with van der Waals surface area (Å²) < 4.78 is 1.84. The summed E-state index contributed by atoms with van der Waals surface area (Å²) in [7, 11) is 1.92. The second kappa shape index (κ2) is 5.29. The van der Waals surface area contributed by atoms with Crippen molar-refractivity contribution in [2.75, 3.05) is 12.3 Å². The lowest BCUT2D eigenvalue weighted by atomic mass is 10.2. The summed E-state index contributed by atoms with van der Waals surface area (Å²) in [6.45, 7) is 2.65. The van der Waals surface area contributed by atoms with Crippen LogP contribution in [0.4, 0.5) is 0 Å². The number of nitrogens with two attached hydrogens (primary N) is 1. The number of thioether (sulfide) groups is 1. The van der Waals surface area contributed by atoms with Gasteiger partial charge in [0.2, 0.25) is 0 Å². The molecule has 0 atom stereocenters. The minimum absolute atomic E-state index is 0.629. The van der Waals surface area contributed by atoms with Crippen LogP contribution in [-0.2, 0) is 7.05 Å². The summed E-state index contributed by atoms with van der Waals surface area (Å²) in [5, 5.41) is 4.97. The monoisotopic (exact) mass is 249 g/mol. The van der Waals surface area contributed by atoms with E-state index in [0.29, 0.717) is 6.54 Å². The number of hydrogen-bond acceptors (Lipinski definition) is 5. The van der Waals surface area contributed by atoms with Crippen LogP contribution in [0.5, 0.6) is 0 Å². The highest BCUT2D eigenvalue weighted by Crippen LogP contribution is 2.22. The first kappa shape index (κ1) is 12.1. The Morgan fingerprint density at radius 3 is 2.94 bits per heavy atom. The SMILES string of the molecule is Cc1c(-c2ccnc(SCCN)n2)cnn1C. The molecule has 0 aliphatic rings. The van der Waals surface area contributed by atoms with Crippen LogP contribution in [0.1, 0.15) is 5.69 Å². The number of aryl methyl sites for hydroxylation is 1. The fourth-order valence-corrected chi connectivity index (χ4v) is 2.06. The minimum Gasteiger partial charge on any atom is -0.330 e. The van der Waals surface area contributed by atoms with E-state index in [9.17, 15) is 0 Å². The van der Waals surface area contributed by atoms with Crippen LogP contribution in [0.3, 0.4) is 0 Å². The van der Waals surface area contributed by atoms with E-state index in [1.807, 2.05) is 30.9 Å². The van der Waals surface area contributed by atoms with Gasteiger partial charge in [0, 0.05) is 36.8 Å². The van der Waals surface area contributed by atoms with Crippen molar-refractivity contribution >= 4 is 11.8 Å². The summed E-state index contributed by atoms with van der Waals surface area (Å²) in [5.74, 6) is 0.829. The van der Waals surface area contributed by atoms with Crippen LogP contribution in [0, 0.1) is 6.92 Å². The van der Waals surface area contributed by atoms with E-state index in [4.69, 9.17) is 5.73 Å². The average molecular weight is 249 g/mol. The van der Waals surface area contributed by atoms with Gasteiger partial charge < -0.3 is 5.73 Å². The van der Waals surface area contributed by atoms with Gasteiger partial charge in [-0.1, -0.05) is 11.8 Å². The van der Waals surface area contributed by atoms with Gasteiger partial charge in [-0.25, -0.2) is 9.97 Å². The maximum atomic E-state index is 5.46. The molecular formula is C11H15N5S. The van der Waals surface area contributed by atoms with Crippen molar-refractivity contribution in [3.05, 3.63) is 24.2 Å². The molecule has 5 nitrogen and oxygen atoms in total. The molecule has 0 amide bonds. The lowest BCUT2D eigenvalue weighted by Gasteiger charge is -2.02. The van der Waals surface area contributed by atoms with E-state index in [1.165, 1.54) is 0 Å². The van der Waals surface area contributed by atoms with E-state index >= 15 is 0 Å². The molecule has 17 heavy (non-hydrogen) atoms. The number of aromatic nitrogens is 4. The molecule has 2 heterocycles. The summed E-state index contributed by atoms with van der Waals surface area (Å²) >= 11 is 1.57. The predicted molar refractivity (Wildman–Crippen MR) is 68.7 cm³/mol. The molecule has 0 unspecified atom stereocenters. The molecule has 0 aromatic carbocycles. The molecule has 6 heteroatoms. The van der Waals surface area contributed by atoms with Crippen molar-refractivity contribution in [1.82, 2.24) is 19.7 Å². The van der Waals surface area contributed by atoms with Gasteiger partial charge in [0.25, 0.3) is 0 Å². The third kappa shape index (κ3) is 2.65. The molecule has 0 spiro atoms. The molecular weight excluding hydrogens is 234 g/mol. The predicted octanol–water partition coefficient (Wildman–Crippen LogP) is 1.24. The van der Waals surface area contributed by atoms with Crippen molar-refractivity contribution < 1.29 is 0 Å². The summed E-state index contributed by atoms with van der Waals surface area (Å²) in [6, 6.07) is 1.90. The fraction of sp³-hybridized carbons (Fsp3) is 0.364. The Kier molecular flexibility index (Phi) is 3.75. The van der Waals surface area contributed by atoms with Crippen molar-refractivity contribution in [1.29, 1.82) is 0 Å². The zero-order valence-corrected chi connectivity index (χ0v) is 10.7. The Bertz CT molecular complexity index is 508. The van der Waals surface area contributed by atoms with Crippen LogP contribution in [-0.4, -0.2) is 32.0 Å². The van der Waals surface area contributed by atoms with Gasteiger partial charge in [-0.15, -0.1) is 0 Å². The first-order valence-electron chi connectivity index (χ1n) is 5.37. The second-order valence-corrected chi connectivity index (χ2v) is 4.69. The van der Waals surface area contributed by atoms with Crippen LogP contribution in [0.2, 0.25) is 0 Å². The maximum Gasteiger partial charge on any atom is 0.188 e. The molecule has 0 aliphatic carbocycles. The Balaban J connectivity index is 2.30. The third-order valence-electron chi connectivity index (χ3n) is 2.49. The molecule has 0 bridgehead atoms. The lowest BCUT2D eigenvalue weighted by molar-refractivity contribution is 0.740. The summed E-state index contributed by atoms with van der Waals surface area (Å²) in [4.78, 5) is 8.71. The van der Waals surface area contributed by atoms with Crippen LogP contribution >= 0.6 is 11.8 Å². The molecule has 2 N–H and O–H groups in total. The van der Waals surface area contributed by atoms with Gasteiger partial charge in [-0.2, -0.15) is 5.10 Å². The van der Waals surface area contributed by atoms with E-state index in [2.05, 4.69) is 15.1 Å². The lowest BCUT2D eigenvalue weighted by Crippen LogP contribution is -2.02. The van der Waals surface area contributed by atoms with Crippen molar-refractivity contribution in [3.8, 4) is 11.3 Å². The van der Waals surface area contributed by atoms with Gasteiger partial charge in [-0.05, 0) is 13.0 Å². The van der Waals surface area contributed by atoms with E-state index in [1.54, 1.807) is 18.0 Å². The highest BCUT2D eigenvalue weighted by Gasteiger charge is 2.08. The smallest absolute Gasteiger partial charge is 0.188 e. The Morgan fingerprint density at radius 2 is 2.29 bits per heavy atom. The first-order valence-corrected chi connectivity index (χ1v) is 6.36. The molecule has 2 rings (SSSR count). The number of hydrogen-bond donors (Lipinski definition) is 1. The number of nitrogens with zero attached hydrogens (tertiary/aromatic N) is 4. The van der Waals surface area contributed by atoms with Gasteiger partial charge in [0.05, 0.1) is 11.9 Å². The van der Waals surface area contributed by atoms with E-state index in [-0.39, 0.29) is 0 Å². The van der Waals surface area contributed by atoms with Gasteiger partial charge in [-0.3, -0.25) is 4.68 Å². The maximum absolute atomic E-state index is 5.46. The molecule has 90 valence electrons. The first-order chi connectivity index (χ1) is 8.22. The van der Waals surface area contributed by atoms with Crippen molar-refractivity contribution in [2.24, 2.45) is 12.8 Å². The van der Waals surface area contributed by atoms with E-state index < -0.39 is 0 Å². The Hall–Kier alpha value is -1.40. The van der Waals surface area contributed by atoms with Crippen molar-refractivity contribution in [3.63, 3.8) is 0 Å². The molecule has 0 fully saturated rings. The zero-order valence-electron chi connectivity index (χ0n) is 9.92. The minimum atomic E-state index is 0.629. The van der Waals surface area contributed by atoms with Crippen LogP contribution in [0.15, 0.2) is 23.6 Å². The highest BCUT2D eigenvalue weighted by molar-refractivity contribution is 7.99. The third-order valence-corrected chi connectivity index (χ3v) is 3.39. The van der Waals surface area contributed by atoms with E-state index in [0.717, 1.165) is 27.9 Å². The quantitative estimate of drug-likeness (QED) is 0.652.